The first-order valence-corrected chi connectivity index (χ1v) is 6.90. The van der Waals surface area contributed by atoms with Crippen molar-refractivity contribution in [2.45, 2.75) is 13.8 Å². The lowest BCUT2D eigenvalue weighted by Gasteiger charge is -2.06. The first-order chi connectivity index (χ1) is 9.95. The molecule has 1 heterocycles. The van der Waals surface area contributed by atoms with Crippen LogP contribution < -0.4 is 5.32 Å². The van der Waals surface area contributed by atoms with Crippen molar-refractivity contribution in [3.8, 4) is 0 Å². The summed E-state index contributed by atoms with van der Waals surface area (Å²) in [4.78, 5) is 22.7. The van der Waals surface area contributed by atoms with E-state index in [0.717, 1.165) is 16.6 Å². The number of aromatic nitrogens is 2. The van der Waals surface area contributed by atoms with Gasteiger partial charge in [-0.25, -0.2) is 4.79 Å². The van der Waals surface area contributed by atoms with E-state index in [1.807, 2.05) is 6.92 Å². The van der Waals surface area contributed by atoms with E-state index in [0.29, 0.717) is 16.3 Å². The summed E-state index contributed by atoms with van der Waals surface area (Å²) in [5, 5.41) is 20.2. The molecule has 0 bridgehead atoms. The minimum Gasteiger partial charge on any atom is -0.478 e. The highest BCUT2D eigenvalue weighted by atomic mass is 32.1. The second-order valence-electron chi connectivity index (χ2n) is 4.33. The van der Waals surface area contributed by atoms with Gasteiger partial charge in [0.2, 0.25) is 5.13 Å². The molecule has 1 aromatic heterocycles. The molecule has 0 aliphatic heterocycles. The average molecular weight is 303 g/mol. The van der Waals surface area contributed by atoms with Crippen molar-refractivity contribution in [3.63, 3.8) is 0 Å². The quantitative estimate of drug-likeness (QED) is 0.847. The maximum atomic E-state index is 12.2. The molecule has 0 radical (unpaired) electrons. The second-order valence-corrected chi connectivity index (χ2v) is 5.51. The van der Waals surface area contributed by atoms with E-state index in [1.54, 1.807) is 25.1 Å². The van der Waals surface area contributed by atoms with E-state index in [1.165, 1.54) is 17.4 Å². The average Bonchev–Trinajstić information content (AvgIpc) is 2.83. The number of nitrogens with zero attached hydrogens (tertiary/aromatic N) is 2. The maximum absolute atomic E-state index is 12.2. The van der Waals surface area contributed by atoms with Gasteiger partial charge in [0, 0.05) is 11.6 Å². The van der Waals surface area contributed by atoms with Gasteiger partial charge in [-0.05, 0) is 37.1 Å². The van der Waals surface area contributed by atoms with Gasteiger partial charge < -0.3 is 5.11 Å². The molecule has 108 valence electrons. The van der Waals surface area contributed by atoms with Crippen LogP contribution in [0.15, 0.2) is 24.3 Å². The van der Waals surface area contributed by atoms with Gasteiger partial charge in [-0.2, -0.15) is 0 Å². The lowest BCUT2D eigenvalue weighted by atomic mass is 10.0. The summed E-state index contributed by atoms with van der Waals surface area (Å²) in [6.45, 7) is 3.61. The molecule has 2 aromatic rings. The fraction of sp³-hybridized carbons (Fsp3) is 0.143. The van der Waals surface area contributed by atoms with E-state index in [4.69, 9.17) is 5.11 Å². The number of anilines is 1. The molecule has 0 unspecified atom stereocenters. The van der Waals surface area contributed by atoms with Gasteiger partial charge in [-0.1, -0.05) is 23.5 Å². The van der Waals surface area contributed by atoms with E-state index in [-0.39, 0.29) is 5.91 Å². The number of carboxylic acids is 1. The molecule has 7 heteroatoms. The predicted molar refractivity (Wildman–Crippen MR) is 80.4 cm³/mol. The first-order valence-electron chi connectivity index (χ1n) is 6.09. The number of rotatable bonds is 4. The Hall–Kier alpha value is -2.54. The van der Waals surface area contributed by atoms with Gasteiger partial charge in [0.15, 0.2) is 0 Å². The summed E-state index contributed by atoms with van der Waals surface area (Å²) in [6.07, 6.45) is 2.47. The molecule has 6 nitrogen and oxygen atoms in total. The SMILES string of the molecule is Cc1nnc(NC(=O)c2cc(/C=C/C(=O)O)ccc2C)s1. The summed E-state index contributed by atoms with van der Waals surface area (Å²) in [5.41, 5.74) is 1.90. The van der Waals surface area contributed by atoms with Gasteiger partial charge in [0.05, 0.1) is 0 Å². The van der Waals surface area contributed by atoms with Crippen LogP contribution in [-0.2, 0) is 4.79 Å². The van der Waals surface area contributed by atoms with Crippen LogP contribution in [-0.4, -0.2) is 27.2 Å². The highest BCUT2D eigenvalue weighted by molar-refractivity contribution is 7.15. The van der Waals surface area contributed by atoms with Gasteiger partial charge in [-0.15, -0.1) is 10.2 Å². The highest BCUT2D eigenvalue weighted by Gasteiger charge is 2.12. The molecule has 2 rings (SSSR count). The molecule has 0 saturated carbocycles. The Morgan fingerprint density at radius 3 is 2.67 bits per heavy atom. The van der Waals surface area contributed by atoms with E-state index >= 15 is 0 Å². The third-order valence-corrected chi connectivity index (χ3v) is 3.43. The molecule has 0 aliphatic rings. The Morgan fingerprint density at radius 1 is 1.29 bits per heavy atom. The number of carboxylic acid groups (broad SMARTS) is 1. The van der Waals surface area contributed by atoms with Crippen LogP contribution >= 0.6 is 11.3 Å². The molecule has 0 atom stereocenters. The van der Waals surface area contributed by atoms with Crippen LogP contribution in [0.4, 0.5) is 5.13 Å². The zero-order chi connectivity index (χ0) is 15.4. The second kappa shape index (κ2) is 6.27. The predicted octanol–water partition coefficient (Wildman–Crippen LogP) is 2.51. The van der Waals surface area contributed by atoms with Gasteiger partial charge in [0.1, 0.15) is 5.01 Å². The largest absolute Gasteiger partial charge is 0.478 e. The number of amides is 1. The highest BCUT2D eigenvalue weighted by Crippen LogP contribution is 2.18. The van der Waals surface area contributed by atoms with Crippen molar-refractivity contribution in [3.05, 3.63) is 46.0 Å². The number of carbonyl (C=O) groups is 2. The van der Waals surface area contributed by atoms with E-state index in [9.17, 15) is 9.59 Å². The summed E-state index contributed by atoms with van der Waals surface area (Å²) >= 11 is 1.29. The van der Waals surface area contributed by atoms with Crippen LogP contribution in [0, 0.1) is 13.8 Å². The zero-order valence-corrected chi connectivity index (χ0v) is 12.3. The first kappa shape index (κ1) is 14.9. The summed E-state index contributed by atoms with van der Waals surface area (Å²) < 4.78 is 0. The normalized spacial score (nSPS) is 10.8. The van der Waals surface area contributed by atoms with Gasteiger partial charge in [0.25, 0.3) is 5.91 Å². The van der Waals surface area contributed by atoms with Crippen molar-refractivity contribution < 1.29 is 14.7 Å². The lowest BCUT2D eigenvalue weighted by Crippen LogP contribution is -2.13. The molecule has 2 N–H and O–H groups in total. The Morgan fingerprint density at radius 2 is 2.05 bits per heavy atom. The molecule has 1 amide bonds. The number of nitrogens with one attached hydrogen (secondary N) is 1. The van der Waals surface area contributed by atoms with Gasteiger partial charge in [-0.3, -0.25) is 10.1 Å². The number of aryl methyl sites for hydroxylation is 2. The topological polar surface area (TPSA) is 92.2 Å². The Bertz CT molecular complexity index is 722. The molecule has 0 saturated heterocycles. The van der Waals surface area contributed by atoms with Crippen molar-refractivity contribution >= 4 is 34.4 Å². The fourth-order valence-corrected chi connectivity index (χ4v) is 2.25. The van der Waals surface area contributed by atoms with Crippen LogP contribution in [0.2, 0.25) is 0 Å². The van der Waals surface area contributed by atoms with Gasteiger partial charge >= 0.3 is 5.97 Å². The maximum Gasteiger partial charge on any atom is 0.328 e. The lowest BCUT2D eigenvalue weighted by molar-refractivity contribution is -0.131. The van der Waals surface area contributed by atoms with Crippen LogP contribution in [0.5, 0.6) is 0 Å². The number of hydrogen-bond acceptors (Lipinski definition) is 5. The van der Waals surface area contributed by atoms with E-state index < -0.39 is 5.97 Å². The summed E-state index contributed by atoms with van der Waals surface area (Å²) in [6, 6.07) is 5.15. The minimum absolute atomic E-state index is 0.297. The monoisotopic (exact) mass is 303 g/mol. The number of carbonyl (C=O) groups excluding carboxylic acids is 1. The van der Waals surface area contributed by atoms with Crippen molar-refractivity contribution in [1.29, 1.82) is 0 Å². The molecule has 0 aliphatic carbocycles. The smallest absolute Gasteiger partial charge is 0.328 e. The number of hydrogen-bond donors (Lipinski definition) is 2. The molecule has 1 aromatic carbocycles. The minimum atomic E-state index is -1.04. The molecule has 0 spiro atoms. The van der Waals surface area contributed by atoms with Crippen molar-refractivity contribution in [2.24, 2.45) is 0 Å². The third kappa shape index (κ3) is 3.96. The van der Waals surface area contributed by atoms with Crippen LogP contribution in [0.1, 0.15) is 26.5 Å². The molecular weight excluding hydrogens is 290 g/mol. The Balaban J connectivity index is 2.23. The standard InChI is InChI=1S/C14H13N3O3S/c1-8-3-4-10(5-6-12(18)19)7-11(8)13(20)15-14-17-16-9(2)21-14/h3-7H,1-2H3,(H,18,19)(H,15,17,20)/b6-5+. The number of benzene rings is 1. The van der Waals surface area contributed by atoms with Crippen molar-refractivity contribution in [2.75, 3.05) is 5.32 Å². The molecule has 21 heavy (non-hydrogen) atoms. The fourth-order valence-electron chi connectivity index (χ4n) is 1.67. The summed E-state index contributed by atoms with van der Waals surface area (Å²) in [7, 11) is 0. The Labute approximate surface area is 125 Å². The summed E-state index contributed by atoms with van der Waals surface area (Å²) in [5.74, 6) is -1.33. The Kier molecular flexibility index (Phi) is 4.44. The number of aliphatic carboxylic acids is 1. The van der Waals surface area contributed by atoms with Crippen LogP contribution in [0.3, 0.4) is 0 Å². The van der Waals surface area contributed by atoms with Crippen molar-refractivity contribution in [1.82, 2.24) is 10.2 Å². The van der Waals surface area contributed by atoms with E-state index in [2.05, 4.69) is 15.5 Å². The zero-order valence-electron chi connectivity index (χ0n) is 11.5. The molecule has 0 fully saturated rings. The molecular formula is C14H13N3O3S. The third-order valence-electron chi connectivity index (χ3n) is 2.67. The van der Waals surface area contributed by atoms with Crippen LogP contribution in [0.25, 0.3) is 6.08 Å².